The highest BCUT2D eigenvalue weighted by Gasteiger charge is 2.20. The molecule has 1 aromatic heterocycles. The highest BCUT2D eigenvalue weighted by molar-refractivity contribution is 9.09. The Labute approximate surface area is 97.8 Å². The Morgan fingerprint density at radius 2 is 2.33 bits per heavy atom. The van der Waals surface area contributed by atoms with E-state index in [2.05, 4.69) is 30.8 Å². The molecule has 0 saturated carbocycles. The van der Waals surface area contributed by atoms with Gasteiger partial charge in [-0.3, -0.25) is 5.10 Å². The van der Waals surface area contributed by atoms with Gasteiger partial charge in [-0.2, -0.15) is 5.10 Å². The minimum Gasteiger partial charge on any atom is -0.281 e. The monoisotopic (exact) mass is 295 g/mol. The summed E-state index contributed by atoms with van der Waals surface area (Å²) in [5.74, 6) is 0. The van der Waals surface area contributed by atoms with Gasteiger partial charge >= 0.3 is 0 Å². The van der Waals surface area contributed by atoms with Crippen LogP contribution < -0.4 is 4.72 Å². The lowest BCUT2D eigenvalue weighted by Crippen LogP contribution is -2.33. The summed E-state index contributed by atoms with van der Waals surface area (Å²) in [4.78, 5) is 0.212. The summed E-state index contributed by atoms with van der Waals surface area (Å²) in [5, 5.41) is 7.05. The fraction of sp³-hybridized carbons (Fsp3) is 0.625. The zero-order valence-corrected chi connectivity index (χ0v) is 11.0. The Morgan fingerprint density at radius 1 is 1.67 bits per heavy atom. The molecule has 1 rings (SSSR count). The molecule has 0 aromatic carbocycles. The topological polar surface area (TPSA) is 74.8 Å². The highest BCUT2D eigenvalue weighted by Crippen LogP contribution is 2.12. The van der Waals surface area contributed by atoms with Gasteiger partial charge in [0.25, 0.3) is 0 Å². The van der Waals surface area contributed by atoms with E-state index >= 15 is 0 Å². The Bertz CT molecular complexity index is 415. The molecule has 0 aliphatic carbocycles. The van der Waals surface area contributed by atoms with Gasteiger partial charge in [-0.1, -0.05) is 15.9 Å². The molecule has 1 aromatic rings. The maximum absolute atomic E-state index is 11.8. The van der Waals surface area contributed by atoms with E-state index in [0.29, 0.717) is 5.69 Å². The van der Waals surface area contributed by atoms with Crippen molar-refractivity contribution in [2.24, 2.45) is 0 Å². The summed E-state index contributed by atoms with van der Waals surface area (Å²) in [6, 6.07) is -0.0938. The van der Waals surface area contributed by atoms with E-state index in [4.69, 9.17) is 0 Å². The van der Waals surface area contributed by atoms with Gasteiger partial charge in [-0.05, 0) is 20.3 Å². The predicted octanol–water partition coefficient (Wildman–Crippen LogP) is 1.17. The third kappa shape index (κ3) is 3.29. The first-order valence-electron chi connectivity index (χ1n) is 4.55. The molecular weight excluding hydrogens is 282 g/mol. The van der Waals surface area contributed by atoms with Crippen molar-refractivity contribution >= 4 is 26.0 Å². The number of halogens is 1. The molecule has 86 valence electrons. The molecule has 1 unspecified atom stereocenters. The zero-order chi connectivity index (χ0) is 11.5. The minimum absolute atomic E-state index is 0.0938. The number of nitrogens with zero attached hydrogens (tertiary/aromatic N) is 1. The molecule has 1 heterocycles. The van der Waals surface area contributed by atoms with Crippen molar-refractivity contribution in [3.05, 3.63) is 11.9 Å². The Kier molecular flexibility index (Phi) is 4.30. The number of aryl methyl sites for hydroxylation is 1. The van der Waals surface area contributed by atoms with E-state index in [1.165, 1.54) is 6.20 Å². The number of aromatic amines is 1. The second-order valence-corrected chi connectivity index (χ2v) is 5.83. The molecule has 0 aliphatic rings. The number of sulfonamides is 1. The van der Waals surface area contributed by atoms with Crippen LogP contribution in [0.1, 0.15) is 19.0 Å². The summed E-state index contributed by atoms with van der Waals surface area (Å²) < 4.78 is 26.2. The molecule has 0 aliphatic heterocycles. The molecule has 0 fully saturated rings. The Hall–Kier alpha value is -0.400. The maximum atomic E-state index is 11.8. The second-order valence-electron chi connectivity index (χ2n) is 3.36. The van der Waals surface area contributed by atoms with Crippen LogP contribution in [0.4, 0.5) is 0 Å². The molecule has 0 spiro atoms. The van der Waals surface area contributed by atoms with E-state index in [9.17, 15) is 8.42 Å². The third-order valence-corrected chi connectivity index (χ3v) is 4.13. The minimum atomic E-state index is -3.43. The van der Waals surface area contributed by atoms with E-state index in [0.717, 1.165) is 11.8 Å². The van der Waals surface area contributed by atoms with Crippen molar-refractivity contribution in [1.29, 1.82) is 0 Å². The quantitative estimate of drug-likeness (QED) is 0.801. The summed E-state index contributed by atoms with van der Waals surface area (Å²) in [6.07, 6.45) is 2.06. The molecule has 0 bridgehead atoms. The van der Waals surface area contributed by atoms with Crippen LogP contribution >= 0.6 is 15.9 Å². The van der Waals surface area contributed by atoms with Gasteiger partial charge in [-0.25, -0.2) is 13.1 Å². The number of hydrogen-bond donors (Lipinski definition) is 2. The molecule has 0 radical (unpaired) electrons. The fourth-order valence-electron chi connectivity index (χ4n) is 1.16. The number of aromatic nitrogens is 2. The Balaban J connectivity index is 2.81. The van der Waals surface area contributed by atoms with Gasteiger partial charge in [0, 0.05) is 11.4 Å². The van der Waals surface area contributed by atoms with Gasteiger partial charge in [0.2, 0.25) is 10.0 Å². The first-order valence-corrected chi connectivity index (χ1v) is 7.16. The highest BCUT2D eigenvalue weighted by atomic mass is 79.9. The zero-order valence-electron chi connectivity index (χ0n) is 8.62. The maximum Gasteiger partial charge on any atom is 0.244 e. The van der Waals surface area contributed by atoms with Gasteiger partial charge in [-0.15, -0.1) is 0 Å². The van der Waals surface area contributed by atoms with Crippen molar-refractivity contribution < 1.29 is 8.42 Å². The normalized spacial score (nSPS) is 14.1. The summed E-state index contributed by atoms with van der Waals surface area (Å²) in [6.45, 7) is 3.50. The van der Waals surface area contributed by atoms with Crippen LogP contribution in [-0.4, -0.2) is 30.0 Å². The molecule has 7 heteroatoms. The SMILES string of the molecule is Cc1[nH]ncc1S(=O)(=O)NC(C)CCBr. The lowest BCUT2D eigenvalue weighted by molar-refractivity contribution is 0.557. The van der Waals surface area contributed by atoms with Crippen LogP contribution in [0.3, 0.4) is 0 Å². The molecule has 1 atom stereocenters. The first kappa shape index (κ1) is 12.7. The van der Waals surface area contributed by atoms with Gasteiger partial charge < -0.3 is 0 Å². The van der Waals surface area contributed by atoms with Crippen molar-refractivity contribution in [2.75, 3.05) is 5.33 Å². The standard InChI is InChI=1S/C8H14BrN3O2S/c1-6(3-4-9)12-15(13,14)8-5-10-11-7(8)2/h5-6,12H,3-4H2,1-2H3,(H,10,11). The van der Waals surface area contributed by atoms with Gasteiger partial charge in [0.1, 0.15) is 4.90 Å². The fourth-order valence-corrected chi connectivity index (χ4v) is 3.26. The van der Waals surface area contributed by atoms with Gasteiger partial charge in [0.05, 0.1) is 11.9 Å². The third-order valence-electron chi connectivity index (χ3n) is 1.97. The Morgan fingerprint density at radius 3 is 2.80 bits per heavy atom. The molecule has 0 amide bonds. The van der Waals surface area contributed by atoms with E-state index in [-0.39, 0.29) is 10.9 Å². The van der Waals surface area contributed by atoms with Crippen molar-refractivity contribution in [2.45, 2.75) is 31.2 Å². The number of rotatable bonds is 5. The molecule has 5 nitrogen and oxygen atoms in total. The van der Waals surface area contributed by atoms with E-state index in [1.54, 1.807) is 6.92 Å². The lowest BCUT2D eigenvalue weighted by atomic mass is 10.3. The van der Waals surface area contributed by atoms with Crippen LogP contribution in [-0.2, 0) is 10.0 Å². The summed E-state index contributed by atoms with van der Waals surface area (Å²) in [5.41, 5.74) is 0.550. The number of nitrogens with one attached hydrogen (secondary N) is 2. The van der Waals surface area contributed by atoms with Crippen LogP contribution in [0.2, 0.25) is 0 Å². The predicted molar refractivity (Wildman–Crippen MR) is 61.5 cm³/mol. The largest absolute Gasteiger partial charge is 0.281 e. The number of H-pyrrole nitrogens is 1. The average Bonchev–Trinajstić information content (AvgIpc) is 2.51. The van der Waals surface area contributed by atoms with Crippen molar-refractivity contribution in [3.8, 4) is 0 Å². The summed E-state index contributed by atoms with van der Waals surface area (Å²) >= 11 is 3.27. The lowest BCUT2D eigenvalue weighted by Gasteiger charge is -2.11. The van der Waals surface area contributed by atoms with E-state index < -0.39 is 10.0 Å². The molecule has 0 saturated heterocycles. The number of alkyl halides is 1. The first-order chi connectivity index (χ1) is 6.97. The van der Waals surface area contributed by atoms with Crippen molar-refractivity contribution in [3.63, 3.8) is 0 Å². The molecular formula is C8H14BrN3O2S. The molecule has 15 heavy (non-hydrogen) atoms. The van der Waals surface area contributed by atoms with Crippen LogP contribution in [0.15, 0.2) is 11.1 Å². The number of hydrogen-bond acceptors (Lipinski definition) is 3. The van der Waals surface area contributed by atoms with Crippen LogP contribution in [0, 0.1) is 6.92 Å². The van der Waals surface area contributed by atoms with E-state index in [1.807, 2.05) is 6.92 Å². The van der Waals surface area contributed by atoms with Crippen LogP contribution in [0.5, 0.6) is 0 Å². The summed E-state index contributed by atoms with van der Waals surface area (Å²) in [7, 11) is -3.43. The van der Waals surface area contributed by atoms with Gasteiger partial charge in [0.15, 0.2) is 0 Å². The van der Waals surface area contributed by atoms with Crippen molar-refractivity contribution in [1.82, 2.24) is 14.9 Å². The molecule has 2 N–H and O–H groups in total. The second kappa shape index (κ2) is 5.09. The van der Waals surface area contributed by atoms with Crippen LogP contribution in [0.25, 0.3) is 0 Å². The average molecular weight is 296 g/mol. The smallest absolute Gasteiger partial charge is 0.244 e.